The van der Waals surface area contributed by atoms with Crippen molar-refractivity contribution in [2.24, 2.45) is 5.73 Å². The fraction of sp³-hybridized carbons (Fsp3) is 0. The standard InChI is InChI=1S/C9H6N3O2S/c10-8(14)12-6-4-2-1-3-5(6)7(13)11-9(12)15/h1-4H,(H2,10,14). The van der Waals surface area contributed by atoms with Crippen LogP contribution in [0.5, 0.6) is 0 Å². The third kappa shape index (κ3) is 1.44. The van der Waals surface area contributed by atoms with E-state index >= 15 is 0 Å². The number of thiocarbonyl (C=S) groups is 1. The van der Waals surface area contributed by atoms with Gasteiger partial charge in [-0.25, -0.2) is 9.69 Å². The van der Waals surface area contributed by atoms with E-state index in [0.717, 1.165) is 4.90 Å². The summed E-state index contributed by atoms with van der Waals surface area (Å²) < 4.78 is 0. The summed E-state index contributed by atoms with van der Waals surface area (Å²) >= 11 is 4.79. The summed E-state index contributed by atoms with van der Waals surface area (Å²) in [5, 5.41) is 3.43. The van der Waals surface area contributed by atoms with Gasteiger partial charge in [0.2, 0.25) is 5.11 Å². The highest BCUT2D eigenvalue weighted by atomic mass is 32.1. The SMILES string of the molecule is NC(=O)N1C(=S)[N]C(=O)c2ccccc21. The molecule has 15 heavy (non-hydrogen) atoms. The first-order valence-corrected chi connectivity index (χ1v) is 4.50. The van der Waals surface area contributed by atoms with Crippen molar-refractivity contribution in [3.05, 3.63) is 29.8 Å². The van der Waals surface area contributed by atoms with Crippen molar-refractivity contribution < 1.29 is 9.59 Å². The Morgan fingerprint density at radius 1 is 1.40 bits per heavy atom. The van der Waals surface area contributed by atoms with Crippen LogP contribution in [0.4, 0.5) is 10.5 Å². The predicted molar refractivity (Wildman–Crippen MR) is 57.6 cm³/mol. The second-order valence-electron chi connectivity index (χ2n) is 2.89. The van der Waals surface area contributed by atoms with Crippen LogP contribution in [0.3, 0.4) is 0 Å². The highest BCUT2D eigenvalue weighted by Gasteiger charge is 2.30. The number of rotatable bonds is 0. The largest absolute Gasteiger partial charge is 0.351 e. The first-order valence-electron chi connectivity index (χ1n) is 4.10. The van der Waals surface area contributed by atoms with Crippen LogP contribution in [0, 0.1) is 0 Å². The van der Waals surface area contributed by atoms with Crippen molar-refractivity contribution >= 4 is 35.0 Å². The minimum absolute atomic E-state index is 0.119. The third-order valence-corrected chi connectivity index (χ3v) is 2.26. The maximum atomic E-state index is 11.4. The number of urea groups is 1. The van der Waals surface area contributed by atoms with Crippen LogP contribution in [0.25, 0.3) is 0 Å². The summed E-state index contributed by atoms with van der Waals surface area (Å²) in [4.78, 5) is 23.6. The summed E-state index contributed by atoms with van der Waals surface area (Å²) in [5.41, 5.74) is 5.85. The van der Waals surface area contributed by atoms with E-state index in [1.807, 2.05) is 0 Å². The van der Waals surface area contributed by atoms with Crippen molar-refractivity contribution in [3.8, 4) is 0 Å². The molecule has 6 heteroatoms. The Morgan fingerprint density at radius 3 is 2.73 bits per heavy atom. The molecule has 75 valence electrons. The Hall–Kier alpha value is -1.95. The second kappa shape index (κ2) is 3.32. The van der Waals surface area contributed by atoms with E-state index in [1.165, 1.54) is 0 Å². The zero-order chi connectivity index (χ0) is 11.0. The Morgan fingerprint density at radius 2 is 2.07 bits per heavy atom. The number of nitrogens with two attached hydrogens (primary N) is 1. The van der Waals surface area contributed by atoms with Gasteiger partial charge in [-0.15, -0.1) is 0 Å². The van der Waals surface area contributed by atoms with Crippen LogP contribution in [-0.4, -0.2) is 17.1 Å². The van der Waals surface area contributed by atoms with Gasteiger partial charge >= 0.3 is 6.03 Å². The van der Waals surface area contributed by atoms with Gasteiger partial charge < -0.3 is 5.73 Å². The summed E-state index contributed by atoms with van der Waals surface area (Å²) in [6.07, 6.45) is 0. The monoisotopic (exact) mass is 220 g/mol. The Kier molecular flexibility index (Phi) is 2.12. The van der Waals surface area contributed by atoms with E-state index in [0.29, 0.717) is 11.3 Å². The minimum Gasteiger partial charge on any atom is -0.351 e. The smallest absolute Gasteiger partial charge is 0.325 e. The van der Waals surface area contributed by atoms with Gasteiger partial charge in [0.05, 0.1) is 11.3 Å². The number of fused-ring (bicyclic) bond motifs is 1. The van der Waals surface area contributed by atoms with E-state index in [9.17, 15) is 9.59 Å². The Bertz CT molecular complexity index is 472. The quantitative estimate of drug-likeness (QED) is 0.651. The summed E-state index contributed by atoms with van der Waals surface area (Å²) in [6.45, 7) is 0. The Balaban J connectivity index is 2.61. The van der Waals surface area contributed by atoms with E-state index in [1.54, 1.807) is 24.3 Å². The van der Waals surface area contributed by atoms with Crippen LogP contribution in [-0.2, 0) is 0 Å². The number of anilines is 1. The van der Waals surface area contributed by atoms with Crippen LogP contribution >= 0.6 is 12.2 Å². The maximum absolute atomic E-state index is 11.4. The maximum Gasteiger partial charge on any atom is 0.325 e. The second-order valence-corrected chi connectivity index (χ2v) is 3.26. The van der Waals surface area contributed by atoms with E-state index in [4.69, 9.17) is 18.0 Å². The number of para-hydroxylation sites is 1. The highest BCUT2D eigenvalue weighted by molar-refractivity contribution is 7.80. The summed E-state index contributed by atoms with van der Waals surface area (Å²) in [6, 6.07) is 5.79. The molecule has 1 radical (unpaired) electrons. The van der Waals surface area contributed by atoms with E-state index < -0.39 is 11.9 Å². The molecule has 1 aliphatic rings. The first kappa shape index (κ1) is 9.60. The normalized spacial score (nSPS) is 14.5. The summed E-state index contributed by atoms with van der Waals surface area (Å²) in [7, 11) is 0. The van der Waals surface area contributed by atoms with Gasteiger partial charge in [-0.2, -0.15) is 5.32 Å². The Labute approximate surface area is 90.9 Å². The minimum atomic E-state index is -0.747. The fourth-order valence-electron chi connectivity index (χ4n) is 1.36. The molecule has 1 aromatic carbocycles. The number of amides is 3. The van der Waals surface area contributed by atoms with Crippen molar-refractivity contribution in [2.45, 2.75) is 0 Å². The van der Waals surface area contributed by atoms with E-state index in [-0.39, 0.29) is 5.11 Å². The van der Waals surface area contributed by atoms with Crippen molar-refractivity contribution in [2.75, 3.05) is 4.90 Å². The molecule has 0 unspecified atom stereocenters. The lowest BCUT2D eigenvalue weighted by Gasteiger charge is -2.26. The van der Waals surface area contributed by atoms with Gasteiger partial charge in [-0.1, -0.05) is 12.1 Å². The topological polar surface area (TPSA) is 77.5 Å². The van der Waals surface area contributed by atoms with Crippen LogP contribution in [0.1, 0.15) is 10.4 Å². The number of hydrogen-bond acceptors (Lipinski definition) is 3. The van der Waals surface area contributed by atoms with Gasteiger partial charge in [-0.3, -0.25) is 4.79 Å². The van der Waals surface area contributed by atoms with Gasteiger partial charge in [0.25, 0.3) is 5.91 Å². The lowest BCUT2D eigenvalue weighted by molar-refractivity contribution is 0.0972. The number of primary amides is 1. The zero-order valence-electron chi connectivity index (χ0n) is 7.51. The molecular weight excluding hydrogens is 214 g/mol. The average molecular weight is 220 g/mol. The molecule has 1 heterocycles. The number of carbonyl (C=O) groups is 2. The average Bonchev–Trinajstić information content (AvgIpc) is 2.17. The van der Waals surface area contributed by atoms with Crippen molar-refractivity contribution in [1.82, 2.24) is 5.32 Å². The van der Waals surface area contributed by atoms with Gasteiger partial charge in [-0.05, 0) is 24.4 Å². The summed E-state index contributed by atoms with van der Waals surface area (Å²) in [5.74, 6) is -0.451. The molecule has 0 atom stereocenters. The number of carbonyl (C=O) groups excluding carboxylic acids is 2. The molecule has 2 N–H and O–H groups in total. The molecule has 0 spiro atoms. The molecule has 5 nitrogen and oxygen atoms in total. The highest BCUT2D eigenvalue weighted by Crippen LogP contribution is 2.24. The molecule has 1 aromatic rings. The van der Waals surface area contributed by atoms with Crippen LogP contribution in [0.15, 0.2) is 24.3 Å². The molecule has 0 saturated carbocycles. The third-order valence-electron chi connectivity index (χ3n) is 1.98. The number of benzene rings is 1. The lowest BCUT2D eigenvalue weighted by atomic mass is 10.1. The number of nitrogens with zero attached hydrogens (tertiary/aromatic N) is 2. The lowest BCUT2D eigenvalue weighted by Crippen LogP contribution is -2.49. The van der Waals surface area contributed by atoms with Gasteiger partial charge in [0.15, 0.2) is 0 Å². The molecule has 0 fully saturated rings. The first-order chi connectivity index (χ1) is 7.11. The van der Waals surface area contributed by atoms with E-state index in [2.05, 4.69) is 5.32 Å². The van der Waals surface area contributed by atoms with Crippen molar-refractivity contribution in [3.63, 3.8) is 0 Å². The molecule has 0 bridgehead atoms. The molecule has 2 rings (SSSR count). The molecule has 0 aliphatic carbocycles. The van der Waals surface area contributed by atoms with Gasteiger partial charge in [0.1, 0.15) is 0 Å². The molecule has 3 amide bonds. The molecule has 1 aliphatic heterocycles. The zero-order valence-corrected chi connectivity index (χ0v) is 8.32. The molecular formula is C9H6N3O2S. The molecule has 0 saturated heterocycles. The number of hydrogen-bond donors (Lipinski definition) is 1. The van der Waals surface area contributed by atoms with Crippen molar-refractivity contribution in [1.29, 1.82) is 0 Å². The fourth-order valence-corrected chi connectivity index (χ4v) is 1.63. The van der Waals surface area contributed by atoms with Crippen LogP contribution in [0.2, 0.25) is 0 Å². The van der Waals surface area contributed by atoms with Crippen LogP contribution < -0.4 is 16.0 Å². The molecule has 0 aromatic heterocycles. The predicted octanol–water partition coefficient (Wildman–Crippen LogP) is 0.615. The van der Waals surface area contributed by atoms with Gasteiger partial charge in [0, 0.05) is 0 Å².